The second kappa shape index (κ2) is 3.71. The van der Waals surface area contributed by atoms with Gasteiger partial charge in [0.05, 0.1) is 6.33 Å². The van der Waals surface area contributed by atoms with E-state index in [1.165, 1.54) is 19.3 Å². The van der Waals surface area contributed by atoms with Crippen LogP contribution in [-0.4, -0.2) is 32.5 Å². The molecule has 2 atom stereocenters. The van der Waals surface area contributed by atoms with Gasteiger partial charge >= 0.3 is 0 Å². The molecule has 2 bridgehead atoms. The zero-order valence-electron chi connectivity index (χ0n) is 12.3. The second-order valence-electron chi connectivity index (χ2n) is 7.64. The van der Waals surface area contributed by atoms with Crippen LogP contribution in [0.4, 0.5) is 5.82 Å². The lowest BCUT2D eigenvalue weighted by Crippen LogP contribution is -2.35. The van der Waals surface area contributed by atoms with Gasteiger partial charge in [-0.25, -0.2) is 15.0 Å². The summed E-state index contributed by atoms with van der Waals surface area (Å²) in [4.78, 5) is 18.7. The number of hydrogen-bond donors (Lipinski definition) is 1. The van der Waals surface area contributed by atoms with Crippen LogP contribution < -0.4 is 4.90 Å². The normalized spacial score (nSPS) is 31.9. The van der Waals surface area contributed by atoms with Crippen molar-refractivity contribution in [3.8, 4) is 0 Å². The van der Waals surface area contributed by atoms with E-state index in [9.17, 15) is 0 Å². The maximum absolute atomic E-state index is 4.54. The fourth-order valence-corrected chi connectivity index (χ4v) is 4.68. The first-order valence-electron chi connectivity index (χ1n) is 7.37. The number of nitrogens with one attached hydrogen (secondary N) is 1. The number of aromatic amines is 1. The molecule has 20 heavy (non-hydrogen) atoms. The van der Waals surface area contributed by atoms with Crippen molar-refractivity contribution in [1.29, 1.82) is 0 Å². The van der Waals surface area contributed by atoms with Crippen LogP contribution >= 0.6 is 0 Å². The number of fused-ring (bicyclic) bond motifs is 3. The average Bonchev–Trinajstić information content (AvgIpc) is 2.89. The summed E-state index contributed by atoms with van der Waals surface area (Å²) in [7, 11) is 0. The summed E-state index contributed by atoms with van der Waals surface area (Å²) in [5.41, 5.74) is 2.57. The Labute approximate surface area is 118 Å². The Morgan fingerprint density at radius 1 is 1.20 bits per heavy atom. The Morgan fingerprint density at radius 3 is 2.90 bits per heavy atom. The van der Waals surface area contributed by atoms with Crippen LogP contribution in [0.1, 0.15) is 40.0 Å². The van der Waals surface area contributed by atoms with Crippen molar-refractivity contribution in [2.45, 2.75) is 46.1 Å². The van der Waals surface area contributed by atoms with Crippen LogP contribution in [0, 0.1) is 10.8 Å². The molecule has 5 heteroatoms. The van der Waals surface area contributed by atoms with Gasteiger partial charge in [-0.2, -0.15) is 0 Å². The van der Waals surface area contributed by atoms with Crippen LogP contribution in [0.3, 0.4) is 0 Å². The fourth-order valence-electron chi connectivity index (χ4n) is 4.68. The predicted octanol–water partition coefficient (Wildman–Crippen LogP) is 2.76. The molecule has 5 nitrogen and oxygen atoms in total. The zero-order chi connectivity index (χ0) is 14.0. The van der Waals surface area contributed by atoms with Gasteiger partial charge in [0.25, 0.3) is 0 Å². The van der Waals surface area contributed by atoms with E-state index < -0.39 is 0 Å². The molecule has 4 rings (SSSR count). The molecule has 1 aliphatic carbocycles. The van der Waals surface area contributed by atoms with Crippen molar-refractivity contribution in [1.82, 2.24) is 19.9 Å². The molecule has 1 saturated heterocycles. The summed E-state index contributed by atoms with van der Waals surface area (Å²) in [6.45, 7) is 8.30. The molecule has 1 aliphatic heterocycles. The van der Waals surface area contributed by atoms with Crippen LogP contribution in [-0.2, 0) is 0 Å². The molecule has 0 radical (unpaired) electrons. The first-order chi connectivity index (χ1) is 9.46. The third kappa shape index (κ3) is 1.72. The van der Waals surface area contributed by atoms with Gasteiger partial charge in [0, 0.05) is 12.6 Å². The molecule has 0 amide bonds. The SMILES string of the molecule is CC1(C)C[C@H]2C[C@](C)(CN2c2ncnc3nc[nH]c23)C1. The lowest BCUT2D eigenvalue weighted by atomic mass is 9.65. The Morgan fingerprint density at radius 2 is 2.05 bits per heavy atom. The number of aromatic nitrogens is 4. The third-order valence-corrected chi connectivity index (χ3v) is 4.89. The monoisotopic (exact) mass is 271 g/mol. The van der Waals surface area contributed by atoms with E-state index in [0.717, 1.165) is 23.5 Å². The number of anilines is 1. The van der Waals surface area contributed by atoms with E-state index in [2.05, 4.69) is 45.6 Å². The molecular formula is C15H21N5. The van der Waals surface area contributed by atoms with Gasteiger partial charge in [-0.3, -0.25) is 0 Å². The van der Waals surface area contributed by atoms with Crippen LogP contribution in [0.25, 0.3) is 11.2 Å². The minimum Gasteiger partial charge on any atom is -0.351 e. The van der Waals surface area contributed by atoms with Crippen molar-refractivity contribution in [3.63, 3.8) is 0 Å². The summed E-state index contributed by atoms with van der Waals surface area (Å²) in [6.07, 6.45) is 7.15. The van der Waals surface area contributed by atoms with Crippen molar-refractivity contribution < 1.29 is 0 Å². The lowest BCUT2D eigenvalue weighted by Gasteiger charge is -2.39. The molecule has 1 saturated carbocycles. The largest absolute Gasteiger partial charge is 0.351 e. The van der Waals surface area contributed by atoms with Gasteiger partial charge in [0.1, 0.15) is 11.8 Å². The molecule has 1 N–H and O–H groups in total. The molecule has 106 valence electrons. The van der Waals surface area contributed by atoms with E-state index in [4.69, 9.17) is 0 Å². The molecule has 0 unspecified atom stereocenters. The number of rotatable bonds is 1. The van der Waals surface area contributed by atoms with Crippen LogP contribution in [0.2, 0.25) is 0 Å². The Bertz CT molecular complexity index is 661. The Kier molecular flexibility index (Phi) is 2.25. The Hall–Kier alpha value is -1.65. The van der Waals surface area contributed by atoms with E-state index in [-0.39, 0.29) is 0 Å². The van der Waals surface area contributed by atoms with Gasteiger partial charge in [-0.15, -0.1) is 0 Å². The van der Waals surface area contributed by atoms with Gasteiger partial charge in [-0.05, 0) is 30.1 Å². The first kappa shape index (κ1) is 12.1. The molecular weight excluding hydrogens is 250 g/mol. The maximum Gasteiger partial charge on any atom is 0.182 e. The van der Waals surface area contributed by atoms with Crippen molar-refractivity contribution in [2.24, 2.45) is 10.8 Å². The van der Waals surface area contributed by atoms with Gasteiger partial charge in [-0.1, -0.05) is 20.8 Å². The molecule has 0 aromatic carbocycles. The van der Waals surface area contributed by atoms with Crippen LogP contribution in [0.5, 0.6) is 0 Å². The van der Waals surface area contributed by atoms with E-state index in [1.54, 1.807) is 12.7 Å². The number of imidazole rings is 1. The van der Waals surface area contributed by atoms with Gasteiger partial charge in [0.15, 0.2) is 11.5 Å². The van der Waals surface area contributed by atoms with Crippen molar-refractivity contribution in [3.05, 3.63) is 12.7 Å². The topological polar surface area (TPSA) is 57.7 Å². The summed E-state index contributed by atoms with van der Waals surface area (Å²) < 4.78 is 0. The molecule has 3 heterocycles. The number of nitrogens with zero attached hydrogens (tertiary/aromatic N) is 4. The minimum absolute atomic E-state index is 0.406. The molecule has 0 spiro atoms. The molecule has 2 aromatic heterocycles. The highest BCUT2D eigenvalue weighted by molar-refractivity contribution is 5.83. The lowest BCUT2D eigenvalue weighted by molar-refractivity contribution is 0.136. The highest BCUT2D eigenvalue weighted by Crippen LogP contribution is 2.53. The maximum atomic E-state index is 4.54. The quantitative estimate of drug-likeness (QED) is 0.866. The molecule has 2 aliphatic rings. The van der Waals surface area contributed by atoms with E-state index in [1.807, 2.05) is 0 Å². The summed E-state index contributed by atoms with van der Waals surface area (Å²) in [6, 6.07) is 0.588. The minimum atomic E-state index is 0.406. The van der Waals surface area contributed by atoms with E-state index >= 15 is 0 Å². The first-order valence-corrected chi connectivity index (χ1v) is 7.37. The Balaban J connectivity index is 1.79. The van der Waals surface area contributed by atoms with E-state index in [0.29, 0.717) is 16.9 Å². The summed E-state index contributed by atoms with van der Waals surface area (Å²) in [5, 5.41) is 0. The average molecular weight is 271 g/mol. The summed E-state index contributed by atoms with van der Waals surface area (Å²) in [5.74, 6) is 1.03. The number of H-pyrrole nitrogens is 1. The summed E-state index contributed by atoms with van der Waals surface area (Å²) >= 11 is 0. The second-order valence-corrected chi connectivity index (χ2v) is 7.64. The van der Waals surface area contributed by atoms with Gasteiger partial charge < -0.3 is 9.88 Å². The van der Waals surface area contributed by atoms with Gasteiger partial charge in [0.2, 0.25) is 0 Å². The third-order valence-electron chi connectivity index (χ3n) is 4.89. The number of hydrogen-bond acceptors (Lipinski definition) is 4. The predicted molar refractivity (Wildman–Crippen MR) is 78.6 cm³/mol. The van der Waals surface area contributed by atoms with Crippen LogP contribution in [0.15, 0.2) is 12.7 Å². The smallest absolute Gasteiger partial charge is 0.182 e. The zero-order valence-corrected chi connectivity index (χ0v) is 12.3. The van der Waals surface area contributed by atoms with Crippen molar-refractivity contribution in [2.75, 3.05) is 11.4 Å². The highest BCUT2D eigenvalue weighted by atomic mass is 15.3. The van der Waals surface area contributed by atoms with Crippen molar-refractivity contribution >= 4 is 17.0 Å². The fraction of sp³-hybridized carbons (Fsp3) is 0.667. The molecule has 2 fully saturated rings. The standard InChI is InChI=1S/C15H21N5/c1-14(2)4-10-5-15(3,6-14)7-20(10)13-11-12(17-8-16-11)18-9-19-13/h8-10H,4-7H2,1-3H3,(H,16,17,18,19)/t10-,15-/m0/s1. The molecule has 2 aromatic rings. The highest BCUT2D eigenvalue weighted by Gasteiger charge is 2.50.